The molecule has 47 heavy (non-hydrogen) atoms. The normalized spacial score (nSPS) is 12.1. The van der Waals surface area contributed by atoms with Crippen LogP contribution in [0.2, 0.25) is 0 Å². The Kier molecular flexibility index (Phi) is 38.7. The number of carbonyl (C=O) groups is 2. The number of hydrogen-bond acceptors (Lipinski definition) is 7. The molecule has 1 atom stereocenters. The van der Waals surface area contributed by atoms with E-state index in [1.165, 1.54) is 141 Å². The number of rotatable bonds is 36. The summed E-state index contributed by atoms with van der Waals surface area (Å²) in [5.41, 5.74) is 0. The Morgan fingerprint density at radius 1 is 0.468 bits per heavy atom. The molecule has 0 aliphatic heterocycles. The van der Waals surface area contributed by atoms with Crippen LogP contribution in [0.4, 0.5) is 0 Å². The van der Waals surface area contributed by atoms with Gasteiger partial charge >= 0.3 is 41.5 Å². The molecule has 0 aliphatic carbocycles. The summed E-state index contributed by atoms with van der Waals surface area (Å²) in [6.45, 7) is 4.72. The monoisotopic (exact) mass is 696 g/mol. The Bertz CT molecular complexity index is 791. The van der Waals surface area contributed by atoms with Crippen molar-refractivity contribution in [1.29, 1.82) is 0 Å². The Morgan fingerprint density at radius 3 is 1.00 bits per heavy atom. The van der Waals surface area contributed by atoms with E-state index in [2.05, 4.69) is 13.8 Å². The maximum Gasteiger partial charge on any atom is 1.00 e. The first-order valence-electron chi connectivity index (χ1n) is 19.6. The van der Waals surface area contributed by atoms with Gasteiger partial charge in [0.1, 0.15) is 10.1 Å². The molecule has 9 heteroatoms. The van der Waals surface area contributed by atoms with Gasteiger partial charge in [-0.1, -0.05) is 194 Å². The van der Waals surface area contributed by atoms with E-state index >= 15 is 0 Å². The zero-order chi connectivity index (χ0) is 34.0. The van der Waals surface area contributed by atoms with Gasteiger partial charge in [-0.15, -0.1) is 0 Å². The van der Waals surface area contributed by atoms with E-state index < -0.39 is 33.7 Å². The van der Waals surface area contributed by atoms with Crippen molar-refractivity contribution >= 4 is 22.1 Å². The van der Waals surface area contributed by atoms with Gasteiger partial charge in [-0.3, -0.25) is 9.59 Å². The summed E-state index contributed by atoms with van der Waals surface area (Å²) in [6, 6.07) is 0. The molecule has 0 fully saturated rings. The van der Waals surface area contributed by atoms with E-state index in [-0.39, 0.29) is 42.8 Å². The van der Waals surface area contributed by atoms with E-state index in [9.17, 15) is 22.6 Å². The van der Waals surface area contributed by atoms with Gasteiger partial charge in [-0.2, -0.15) is 0 Å². The van der Waals surface area contributed by atoms with Crippen molar-refractivity contribution in [3.63, 3.8) is 0 Å². The van der Waals surface area contributed by atoms with Crippen molar-refractivity contribution in [3.8, 4) is 0 Å². The number of hydrogen-bond donors (Lipinski definition) is 0. The fraction of sp³-hybridized carbons (Fsp3) is 0.947. The molecule has 0 aromatic heterocycles. The molecule has 0 aliphatic rings. The zero-order valence-corrected chi connectivity index (χ0v) is 34.0. The molecule has 0 spiro atoms. The fourth-order valence-corrected chi connectivity index (χ4v) is 6.56. The molecule has 0 N–H and O–H groups in total. The average Bonchev–Trinajstić information content (AvgIpc) is 3.02. The summed E-state index contributed by atoms with van der Waals surface area (Å²) >= 11 is 0. The molecule has 0 rings (SSSR count). The van der Waals surface area contributed by atoms with Crippen LogP contribution in [0.15, 0.2) is 0 Å². The predicted molar refractivity (Wildman–Crippen MR) is 190 cm³/mol. The second-order valence-corrected chi connectivity index (χ2v) is 15.0. The van der Waals surface area contributed by atoms with Crippen molar-refractivity contribution in [1.82, 2.24) is 0 Å². The second kappa shape index (κ2) is 37.1. The van der Waals surface area contributed by atoms with Gasteiger partial charge in [-0.05, 0) is 12.8 Å². The van der Waals surface area contributed by atoms with Crippen molar-refractivity contribution < 1.29 is 61.6 Å². The van der Waals surface area contributed by atoms with Crippen LogP contribution >= 0.6 is 0 Å². The first kappa shape index (κ1) is 49.0. The maximum absolute atomic E-state index is 12.3. The molecule has 1 unspecified atom stereocenters. The van der Waals surface area contributed by atoms with Crippen LogP contribution in [0.5, 0.6) is 0 Å². The second-order valence-electron chi connectivity index (χ2n) is 13.5. The van der Waals surface area contributed by atoms with Crippen molar-refractivity contribution in [2.45, 2.75) is 218 Å². The Hall–Kier alpha value is -0.150. The first-order chi connectivity index (χ1) is 22.3. The summed E-state index contributed by atoms with van der Waals surface area (Å²) in [5.74, 6) is -2.00. The molecule has 0 aromatic rings. The summed E-state index contributed by atoms with van der Waals surface area (Å²) in [6.07, 6.45) is 35.9. The standard InChI is InChI=1S/C38H74O7S.Na/c1-3-5-7-9-11-13-15-17-19-20-22-23-25-27-29-31-33-44-37(39)35-36(46(41,42)43)38(40)45-34-32-30-28-26-24-21-18-16-14-12-10-8-6-4-2;/h36H,3-35H2,1-2H3,(H,41,42,43);/q;+1/p-1. The molecule has 0 aromatic carbocycles. The third kappa shape index (κ3) is 35.5. The van der Waals surface area contributed by atoms with E-state index in [1.807, 2.05) is 0 Å². The van der Waals surface area contributed by atoms with Gasteiger partial charge in [-0.25, -0.2) is 8.42 Å². The minimum absolute atomic E-state index is 0. The fourth-order valence-electron chi connectivity index (χ4n) is 5.91. The van der Waals surface area contributed by atoms with Gasteiger partial charge in [0.25, 0.3) is 0 Å². The molecule has 0 amide bonds. The largest absolute Gasteiger partial charge is 1.00 e. The van der Waals surface area contributed by atoms with E-state index in [0.717, 1.165) is 38.5 Å². The minimum atomic E-state index is -5.02. The van der Waals surface area contributed by atoms with Crippen LogP contribution in [0, 0.1) is 0 Å². The van der Waals surface area contributed by atoms with E-state index in [1.54, 1.807) is 0 Å². The third-order valence-corrected chi connectivity index (χ3v) is 10.0. The number of carbonyl (C=O) groups excluding carboxylic acids is 2. The molecular weight excluding hydrogens is 623 g/mol. The summed E-state index contributed by atoms with van der Waals surface area (Å²) in [7, 11) is -5.02. The molecule has 274 valence electrons. The van der Waals surface area contributed by atoms with Crippen LogP contribution in [0.25, 0.3) is 0 Å². The molecule has 0 heterocycles. The van der Waals surface area contributed by atoms with E-state index in [4.69, 9.17) is 9.47 Å². The van der Waals surface area contributed by atoms with Gasteiger partial charge in [0.2, 0.25) is 0 Å². The molecular formula is C38H73NaO7S. The minimum Gasteiger partial charge on any atom is -0.747 e. The van der Waals surface area contributed by atoms with Crippen LogP contribution in [-0.4, -0.2) is 43.4 Å². The summed E-state index contributed by atoms with van der Waals surface area (Å²) < 4.78 is 45.1. The smallest absolute Gasteiger partial charge is 0.747 e. The van der Waals surface area contributed by atoms with Crippen LogP contribution in [0.1, 0.15) is 213 Å². The molecule has 0 saturated heterocycles. The Balaban J connectivity index is 0. The molecule has 0 saturated carbocycles. The van der Waals surface area contributed by atoms with Crippen molar-refractivity contribution in [2.75, 3.05) is 13.2 Å². The zero-order valence-electron chi connectivity index (χ0n) is 31.2. The van der Waals surface area contributed by atoms with Crippen molar-refractivity contribution in [3.05, 3.63) is 0 Å². The van der Waals surface area contributed by atoms with Gasteiger partial charge in [0.05, 0.1) is 19.6 Å². The quantitative estimate of drug-likeness (QED) is 0.0282. The Morgan fingerprint density at radius 2 is 0.723 bits per heavy atom. The summed E-state index contributed by atoms with van der Waals surface area (Å²) in [5, 5.41) is -2.04. The van der Waals surface area contributed by atoms with Crippen LogP contribution < -0.4 is 29.6 Å². The van der Waals surface area contributed by atoms with Gasteiger partial charge in [0, 0.05) is 0 Å². The number of ether oxygens (including phenoxy) is 2. The topological polar surface area (TPSA) is 110 Å². The van der Waals surface area contributed by atoms with Crippen LogP contribution in [0.3, 0.4) is 0 Å². The Labute approximate surface area is 313 Å². The predicted octanol–water partition coefficient (Wildman–Crippen LogP) is 8.12. The van der Waals surface area contributed by atoms with E-state index in [0.29, 0.717) is 12.8 Å². The van der Waals surface area contributed by atoms with Crippen LogP contribution in [-0.2, 0) is 29.2 Å². The van der Waals surface area contributed by atoms with Gasteiger partial charge < -0.3 is 14.0 Å². The first-order valence-corrected chi connectivity index (χ1v) is 21.1. The van der Waals surface area contributed by atoms with Crippen molar-refractivity contribution in [2.24, 2.45) is 0 Å². The number of unbranched alkanes of at least 4 members (excludes halogenated alkanes) is 28. The van der Waals surface area contributed by atoms with Gasteiger partial charge in [0.15, 0.2) is 5.25 Å². The average molecular weight is 697 g/mol. The molecule has 7 nitrogen and oxygen atoms in total. The SMILES string of the molecule is CCCCCCCCCCCCCCCCCCOC(=O)CC(C(=O)OCCCCCCCCCCCCCCCC)S(=O)(=O)[O-].[Na+]. The summed E-state index contributed by atoms with van der Waals surface area (Å²) in [4.78, 5) is 24.4. The maximum atomic E-state index is 12.3. The third-order valence-electron chi connectivity index (χ3n) is 8.97. The molecule has 0 radical (unpaired) electrons. The number of esters is 2. The molecule has 0 bridgehead atoms.